The van der Waals surface area contributed by atoms with Crippen LogP contribution in [0.25, 0.3) is 21.8 Å². The molecule has 0 atom stereocenters. The van der Waals surface area contributed by atoms with Crippen LogP contribution in [0.1, 0.15) is 5.56 Å². The van der Waals surface area contributed by atoms with Crippen LogP contribution < -0.4 is 14.9 Å². The molecule has 0 fully saturated rings. The zero-order chi connectivity index (χ0) is 15.1. The molecule has 0 spiro atoms. The lowest BCUT2D eigenvalue weighted by Gasteiger charge is -2.15. The van der Waals surface area contributed by atoms with E-state index in [1.165, 1.54) is 0 Å². The summed E-state index contributed by atoms with van der Waals surface area (Å²) in [5, 5.41) is 1.28. The monoisotopic (exact) mass is 283 g/mol. The summed E-state index contributed by atoms with van der Waals surface area (Å²) in [6, 6.07) is 9.30. The smallest absolute Gasteiger partial charge is 0.200 e. The van der Waals surface area contributed by atoms with Gasteiger partial charge in [-0.2, -0.15) is 0 Å². The summed E-state index contributed by atoms with van der Waals surface area (Å²) in [5.41, 5.74) is 2.76. The molecule has 108 valence electrons. The molecule has 0 saturated carbocycles. The van der Waals surface area contributed by atoms with Crippen molar-refractivity contribution in [2.75, 3.05) is 14.2 Å². The quantitative estimate of drug-likeness (QED) is 0.679. The highest BCUT2D eigenvalue weighted by molar-refractivity contribution is 5.98. The Bertz CT molecular complexity index is 909. The van der Waals surface area contributed by atoms with Crippen LogP contribution in [-0.4, -0.2) is 18.8 Å². The Balaban J connectivity index is 2.62. The predicted octanol–water partition coefficient (Wildman–Crippen LogP) is 3.02. The minimum Gasteiger partial charge on any atom is -0.497 e. The van der Waals surface area contributed by atoms with Crippen LogP contribution in [0.4, 0.5) is 0 Å². The van der Waals surface area contributed by atoms with E-state index >= 15 is 0 Å². The fourth-order valence-electron chi connectivity index (χ4n) is 2.86. The molecule has 0 radical (unpaired) electrons. The molecule has 1 aromatic heterocycles. The fourth-order valence-corrected chi connectivity index (χ4v) is 2.86. The predicted molar refractivity (Wildman–Crippen MR) is 84.5 cm³/mol. The maximum absolute atomic E-state index is 12.8. The van der Waals surface area contributed by atoms with E-state index in [0.29, 0.717) is 16.5 Å². The van der Waals surface area contributed by atoms with Crippen molar-refractivity contribution in [1.29, 1.82) is 0 Å². The molecule has 3 aromatic rings. The first kappa shape index (κ1) is 13.5. The standard InChI is InChI=1S/C17H17NO3/c1-10-5-8-14(21-4)15-16(10)18(2)13-9-11(20-3)6-7-12(13)17(15)19/h5-9H,1-4H3. The van der Waals surface area contributed by atoms with E-state index in [1.807, 2.05) is 36.7 Å². The van der Waals surface area contributed by atoms with E-state index in [2.05, 4.69) is 0 Å². The van der Waals surface area contributed by atoms with Gasteiger partial charge in [-0.05, 0) is 30.7 Å². The number of methoxy groups -OCH3 is 2. The largest absolute Gasteiger partial charge is 0.497 e. The highest BCUT2D eigenvalue weighted by Gasteiger charge is 2.15. The van der Waals surface area contributed by atoms with E-state index in [1.54, 1.807) is 26.4 Å². The average Bonchev–Trinajstić information content (AvgIpc) is 2.51. The molecule has 21 heavy (non-hydrogen) atoms. The number of fused-ring (bicyclic) bond motifs is 2. The number of ether oxygens (including phenoxy) is 2. The van der Waals surface area contributed by atoms with Gasteiger partial charge in [0, 0.05) is 18.5 Å². The minimum absolute atomic E-state index is 0.0127. The van der Waals surface area contributed by atoms with Gasteiger partial charge in [-0.3, -0.25) is 4.79 Å². The van der Waals surface area contributed by atoms with Crippen molar-refractivity contribution in [1.82, 2.24) is 4.57 Å². The van der Waals surface area contributed by atoms with E-state index < -0.39 is 0 Å². The average molecular weight is 283 g/mol. The normalized spacial score (nSPS) is 11.0. The molecule has 4 heteroatoms. The van der Waals surface area contributed by atoms with Crippen molar-refractivity contribution in [3.8, 4) is 11.5 Å². The van der Waals surface area contributed by atoms with Crippen LogP contribution >= 0.6 is 0 Å². The third-order valence-corrected chi connectivity index (χ3v) is 3.93. The Morgan fingerprint density at radius 1 is 1.05 bits per heavy atom. The first-order valence-electron chi connectivity index (χ1n) is 6.72. The number of aryl methyl sites for hydroxylation is 2. The van der Waals surface area contributed by atoms with Gasteiger partial charge in [0.25, 0.3) is 0 Å². The number of hydrogen-bond acceptors (Lipinski definition) is 3. The number of rotatable bonds is 2. The van der Waals surface area contributed by atoms with Gasteiger partial charge in [0.1, 0.15) is 11.5 Å². The van der Waals surface area contributed by atoms with Crippen molar-refractivity contribution in [2.24, 2.45) is 7.05 Å². The van der Waals surface area contributed by atoms with Gasteiger partial charge >= 0.3 is 0 Å². The topological polar surface area (TPSA) is 40.5 Å². The molecule has 0 aliphatic rings. The molecule has 4 nitrogen and oxygen atoms in total. The van der Waals surface area contributed by atoms with Crippen LogP contribution in [0.3, 0.4) is 0 Å². The zero-order valence-electron chi connectivity index (χ0n) is 12.6. The fraction of sp³-hybridized carbons (Fsp3) is 0.235. The molecule has 0 saturated heterocycles. The van der Waals surface area contributed by atoms with E-state index in [9.17, 15) is 4.79 Å². The van der Waals surface area contributed by atoms with Crippen LogP contribution in [0.5, 0.6) is 11.5 Å². The molecular weight excluding hydrogens is 266 g/mol. The number of benzene rings is 2. The molecular formula is C17H17NO3. The van der Waals surface area contributed by atoms with Crippen molar-refractivity contribution in [3.05, 3.63) is 46.1 Å². The first-order valence-corrected chi connectivity index (χ1v) is 6.72. The summed E-state index contributed by atoms with van der Waals surface area (Å²) in [7, 11) is 5.16. The Morgan fingerprint density at radius 3 is 2.48 bits per heavy atom. The maximum Gasteiger partial charge on any atom is 0.200 e. The van der Waals surface area contributed by atoms with Gasteiger partial charge in [-0.1, -0.05) is 6.07 Å². The Labute approximate surface area is 122 Å². The molecule has 0 N–H and O–H groups in total. The lowest BCUT2D eigenvalue weighted by Crippen LogP contribution is -2.11. The molecule has 0 aliphatic carbocycles. The van der Waals surface area contributed by atoms with Gasteiger partial charge in [-0.15, -0.1) is 0 Å². The van der Waals surface area contributed by atoms with Crippen LogP contribution in [-0.2, 0) is 7.05 Å². The van der Waals surface area contributed by atoms with Crippen molar-refractivity contribution < 1.29 is 9.47 Å². The van der Waals surface area contributed by atoms with E-state index in [0.717, 1.165) is 22.3 Å². The molecule has 0 bridgehead atoms. The highest BCUT2D eigenvalue weighted by Crippen LogP contribution is 2.29. The van der Waals surface area contributed by atoms with Crippen LogP contribution in [0.15, 0.2) is 35.1 Å². The van der Waals surface area contributed by atoms with E-state index in [-0.39, 0.29) is 5.43 Å². The van der Waals surface area contributed by atoms with Crippen molar-refractivity contribution >= 4 is 21.8 Å². The summed E-state index contributed by atoms with van der Waals surface area (Å²) in [4.78, 5) is 12.8. The Hall–Kier alpha value is -2.49. The minimum atomic E-state index is -0.0127. The van der Waals surface area contributed by atoms with Gasteiger partial charge in [0.15, 0.2) is 0 Å². The second-order valence-electron chi connectivity index (χ2n) is 5.08. The zero-order valence-corrected chi connectivity index (χ0v) is 12.6. The van der Waals surface area contributed by atoms with Crippen LogP contribution in [0, 0.1) is 6.92 Å². The van der Waals surface area contributed by atoms with Gasteiger partial charge in [-0.25, -0.2) is 0 Å². The molecule has 0 unspecified atom stereocenters. The first-order chi connectivity index (χ1) is 10.1. The molecule has 0 amide bonds. The summed E-state index contributed by atoms with van der Waals surface area (Å²) in [5.74, 6) is 1.34. The summed E-state index contributed by atoms with van der Waals surface area (Å²) < 4.78 is 12.7. The summed E-state index contributed by atoms with van der Waals surface area (Å²) >= 11 is 0. The van der Waals surface area contributed by atoms with E-state index in [4.69, 9.17) is 9.47 Å². The number of pyridine rings is 1. The molecule has 3 rings (SSSR count). The van der Waals surface area contributed by atoms with Crippen LogP contribution in [0.2, 0.25) is 0 Å². The summed E-state index contributed by atoms with van der Waals surface area (Å²) in [6.07, 6.45) is 0. The molecule has 1 heterocycles. The third-order valence-electron chi connectivity index (χ3n) is 3.93. The lowest BCUT2D eigenvalue weighted by molar-refractivity contribution is 0.415. The van der Waals surface area contributed by atoms with Gasteiger partial charge < -0.3 is 14.0 Å². The number of nitrogens with zero attached hydrogens (tertiary/aromatic N) is 1. The van der Waals surface area contributed by atoms with Crippen molar-refractivity contribution in [3.63, 3.8) is 0 Å². The molecule has 2 aromatic carbocycles. The molecule has 0 aliphatic heterocycles. The lowest BCUT2D eigenvalue weighted by atomic mass is 10.0. The number of aromatic nitrogens is 1. The van der Waals surface area contributed by atoms with Crippen molar-refractivity contribution in [2.45, 2.75) is 6.92 Å². The third kappa shape index (κ3) is 1.87. The maximum atomic E-state index is 12.8. The van der Waals surface area contributed by atoms with Gasteiger partial charge in [0.2, 0.25) is 5.43 Å². The SMILES string of the molecule is COc1ccc2c(=O)c3c(OC)ccc(C)c3n(C)c2c1. The van der Waals surface area contributed by atoms with Gasteiger partial charge in [0.05, 0.1) is 30.6 Å². The second-order valence-corrected chi connectivity index (χ2v) is 5.08. The Kier molecular flexibility index (Phi) is 3.09. The summed E-state index contributed by atoms with van der Waals surface area (Å²) in [6.45, 7) is 1.99. The second kappa shape index (κ2) is 4.81. The Morgan fingerprint density at radius 2 is 1.81 bits per heavy atom. The number of hydrogen-bond donors (Lipinski definition) is 0. The highest BCUT2D eigenvalue weighted by atomic mass is 16.5.